The second-order valence-corrected chi connectivity index (χ2v) is 7.56. The smallest absolute Gasteiger partial charge is 0.254 e. The molecule has 0 aliphatic carbocycles. The molecule has 0 atom stereocenters. The number of halogens is 1. The van der Waals surface area contributed by atoms with Crippen LogP contribution in [-0.4, -0.2) is 41.5 Å². The highest BCUT2D eigenvalue weighted by atomic mass is 19.1. The van der Waals surface area contributed by atoms with E-state index in [0.717, 1.165) is 44.5 Å². The second-order valence-electron chi connectivity index (χ2n) is 7.56. The van der Waals surface area contributed by atoms with Crippen molar-refractivity contribution in [1.29, 1.82) is 0 Å². The molecule has 4 nitrogen and oxygen atoms in total. The number of piperidine rings is 1. The van der Waals surface area contributed by atoms with Crippen molar-refractivity contribution in [2.75, 3.05) is 19.6 Å². The van der Waals surface area contributed by atoms with Crippen molar-refractivity contribution < 1.29 is 9.18 Å². The molecule has 1 aromatic heterocycles. The van der Waals surface area contributed by atoms with Gasteiger partial charge in [-0.2, -0.15) is 0 Å². The standard InChI is InChI=1S/C24H26FN3O/c1-2-14-28(19-10-12-26-13-11-19)24(29)21-16-22(17-6-4-3-5-7-17)27-23-15-18(25)8-9-20(21)23/h3-9,15-16,19,26H,2,10-14H2,1H3. The van der Waals surface area contributed by atoms with Crippen molar-refractivity contribution in [3.63, 3.8) is 0 Å². The zero-order valence-electron chi connectivity index (χ0n) is 16.7. The van der Waals surface area contributed by atoms with Gasteiger partial charge in [0.25, 0.3) is 5.91 Å². The predicted octanol–water partition coefficient (Wildman–Crippen LogP) is 4.65. The van der Waals surface area contributed by atoms with Gasteiger partial charge in [-0.3, -0.25) is 4.79 Å². The first-order chi connectivity index (χ1) is 14.2. The Morgan fingerprint density at radius 3 is 2.62 bits per heavy atom. The number of hydrogen-bond donors (Lipinski definition) is 1. The monoisotopic (exact) mass is 391 g/mol. The summed E-state index contributed by atoms with van der Waals surface area (Å²) < 4.78 is 13.9. The number of fused-ring (bicyclic) bond motifs is 1. The largest absolute Gasteiger partial charge is 0.336 e. The van der Waals surface area contributed by atoms with Crippen molar-refractivity contribution in [2.24, 2.45) is 0 Å². The molecule has 0 unspecified atom stereocenters. The fourth-order valence-electron chi connectivity index (χ4n) is 4.10. The fraction of sp³-hybridized carbons (Fsp3) is 0.333. The molecule has 0 spiro atoms. The molecule has 0 radical (unpaired) electrons. The van der Waals surface area contributed by atoms with E-state index in [9.17, 15) is 9.18 Å². The molecule has 1 fully saturated rings. The van der Waals surface area contributed by atoms with Gasteiger partial charge < -0.3 is 10.2 Å². The van der Waals surface area contributed by atoms with Crippen LogP contribution >= 0.6 is 0 Å². The first kappa shape index (κ1) is 19.5. The van der Waals surface area contributed by atoms with Gasteiger partial charge in [0, 0.05) is 29.6 Å². The summed E-state index contributed by atoms with van der Waals surface area (Å²) in [6.45, 7) is 4.66. The van der Waals surface area contributed by atoms with E-state index in [2.05, 4.69) is 17.2 Å². The molecule has 150 valence electrons. The van der Waals surface area contributed by atoms with E-state index in [1.165, 1.54) is 12.1 Å². The van der Waals surface area contributed by atoms with Crippen LogP contribution in [0.1, 0.15) is 36.5 Å². The number of pyridine rings is 1. The Labute approximate surface area is 170 Å². The normalized spacial score (nSPS) is 14.8. The van der Waals surface area contributed by atoms with Crippen molar-refractivity contribution in [2.45, 2.75) is 32.2 Å². The molecule has 1 N–H and O–H groups in total. The molecular weight excluding hydrogens is 365 g/mol. The number of carbonyl (C=O) groups is 1. The number of carbonyl (C=O) groups excluding carboxylic acids is 1. The van der Waals surface area contributed by atoms with Gasteiger partial charge >= 0.3 is 0 Å². The fourth-order valence-corrected chi connectivity index (χ4v) is 4.10. The predicted molar refractivity (Wildman–Crippen MR) is 114 cm³/mol. The van der Waals surface area contributed by atoms with Gasteiger partial charge in [0.1, 0.15) is 5.82 Å². The molecule has 5 heteroatoms. The highest BCUT2D eigenvalue weighted by Crippen LogP contribution is 2.28. The maximum absolute atomic E-state index is 13.9. The minimum Gasteiger partial charge on any atom is -0.336 e. The van der Waals surface area contributed by atoms with Gasteiger partial charge in [0.05, 0.1) is 16.8 Å². The summed E-state index contributed by atoms with van der Waals surface area (Å²) in [6.07, 6.45) is 2.81. The molecule has 4 rings (SSSR count). The van der Waals surface area contributed by atoms with Crippen molar-refractivity contribution in [3.05, 3.63) is 66.0 Å². The first-order valence-electron chi connectivity index (χ1n) is 10.3. The van der Waals surface area contributed by atoms with E-state index in [1.54, 1.807) is 6.07 Å². The lowest BCUT2D eigenvalue weighted by molar-refractivity contribution is 0.0644. The Hall–Kier alpha value is -2.79. The number of nitrogens with zero attached hydrogens (tertiary/aromatic N) is 2. The molecule has 1 saturated heterocycles. The highest BCUT2D eigenvalue weighted by Gasteiger charge is 2.27. The van der Waals surface area contributed by atoms with Crippen LogP contribution in [-0.2, 0) is 0 Å². The molecule has 2 aromatic carbocycles. The third kappa shape index (κ3) is 4.15. The Kier molecular flexibility index (Phi) is 5.86. The summed E-state index contributed by atoms with van der Waals surface area (Å²) >= 11 is 0. The number of hydrogen-bond acceptors (Lipinski definition) is 3. The average molecular weight is 391 g/mol. The Bertz CT molecular complexity index is 1000. The van der Waals surface area contributed by atoms with E-state index in [-0.39, 0.29) is 17.8 Å². The van der Waals surface area contributed by atoms with E-state index in [1.807, 2.05) is 41.3 Å². The molecular formula is C24H26FN3O. The molecule has 1 amide bonds. The number of nitrogens with one attached hydrogen (secondary N) is 1. The lowest BCUT2D eigenvalue weighted by atomic mass is 9.99. The number of amides is 1. The van der Waals surface area contributed by atoms with Crippen LogP contribution in [0.4, 0.5) is 4.39 Å². The molecule has 0 saturated carbocycles. The average Bonchev–Trinajstić information content (AvgIpc) is 2.77. The van der Waals surface area contributed by atoms with E-state index < -0.39 is 0 Å². The summed E-state index contributed by atoms with van der Waals surface area (Å²) in [5.74, 6) is -0.340. The third-order valence-corrected chi connectivity index (χ3v) is 5.55. The minimum absolute atomic E-state index is 0.00920. The molecule has 0 bridgehead atoms. The van der Waals surface area contributed by atoms with Crippen LogP contribution in [0.3, 0.4) is 0 Å². The number of rotatable bonds is 5. The van der Waals surface area contributed by atoms with Gasteiger partial charge in [-0.25, -0.2) is 9.37 Å². The van der Waals surface area contributed by atoms with Gasteiger partial charge in [0.2, 0.25) is 0 Å². The summed E-state index contributed by atoms with van der Waals surface area (Å²) in [5.41, 5.74) is 2.71. The molecule has 1 aliphatic rings. The summed E-state index contributed by atoms with van der Waals surface area (Å²) in [6, 6.07) is 16.3. The quantitative estimate of drug-likeness (QED) is 0.689. The highest BCUT2D eigenvalue weighted by molar-refractivity contribution is 6.07. The zero-order valence-corrected chi connectivity index (χ0v) is 16.7. The topological polar surface area (TPSA) is 45.2 Å². The third-order valence-electron chi connectivity index (χ3n) is 5.55. The lowest BCUT2D eigenvalue weighted by Crippen LogP contribution is -2.46. The van der Waals surface area contributed by atoms with E-state index >= 15 is 0 Å². The Morgan fingerprint density at radius 1 is 1.14 bits per heavy atom. The van der Waals surface area contributed by atoms with Crippen LogP contribution < -0.4 is 5.32 Å². The SMILES string of the molecule is CCCN(C(=O)c1cc(-c2ccccc2)nc2cc(F)ccc12)C1CCNCC1. The minimum atomic E-state index is -0.350. The zero-order chi connectivity index (χ0) is 20.2. The van der Waals surface area contributed by atoms with E-state index in [4.69, 9.17) is 0 Å². The first-order valence-corrected chi connectivity index (χ1v) is 10.3. The van der Waals surface area contributed by atoms with Crippen LogP contribution in [0.25, 0.3) is 22.2 Å². The van der Waals surface area contributed by atoms with Crippen molar-refractivity contribution >= 4 is 16.8 Å². The van der Waals surface area contributed by atoms with Gasteiger partial charge in [-0.05, 0) is 50.6 Å². The van der Waals surface area contributed by atoms with Crippen LogP contribution in [0.2, 0.25) is 0 Å². The van der Waals surface area contributed by atoms with E-state index in [0.29, 0.717) is 22.2 Å². The van der Waals surface area contributed by atoms with Crippen molar-refractivity contribution in [3.8, 4) is 11.3 Å². The number of aromatic nitrogens is 1. The Balaban J connectivity index is 1.82. The van der Waals surface area contributed by atoms with Gasteiger partial charge in [-0.1, -0.05) is 37.3 Å². The van der Waals surface area contributed by atoms with Gasteiger partial charge in [-0.15, -0.1) is 0 Å². The van der Waals surface area contributed by atoms with Crippen LogP contribution in [0, 0.1) is 5.82 Å². The molecule has 29 heavy (non-hydrogen) atoms. The summed E-state index contributed by atoms with van der Waals surface area (Å²) in [4.78, 5) is 20.4. The van der Waals surface area contributed by atoms with Crippen LogP contribution in [0.15, 0.2) is 54.6 Å². The molecule has 2 heterocycles. The molecule has 1 aliphatic heterocycles. The number of benzene rings is 2. The van der Waals surface area contributed by atoms with Gasteiger partial charge in [0.15, 0.2) is 0 Å². The van der Waals surface area contributed by atoms with Crippen LogP contribution in [0.5, 0.6) is 0 Å². The summed E-state index contributed by atoms with van der Waals surface area (Å²) in [5, 5.41) is 4.07. The summed E-state index contributed by atoms with van der Waals surface area (Å²) in [7, 11) is 0. The maximum Gasteiger partial charge on any atom is 0.254 e. The lowest BCUT2D eigenvalue weighted by Gasteiger charge is -2.35. The van der Waals surface area contributed by atoms with Crippen molar-refractivity contribution in [1.82, 2.24) is 15.2 Å². The second kappa shape index (κ2) is 8.70. The maximum atomic E-state index is 13.9. The molecule has 3 aromatic rings. The Morgan fingerprint density at radius 2 is 1.90 bits per heavy atom.